The first-order valence-electron chi connectivity index (χ1n) is 2.68. The minimum Gasteiger partial charge on any atom is -0.875 e. The molecule has 0 aromatic rings. The largest absolute Gasteiger partial charge is 0.875 e. The third-order valence-electron chi connectivity index (χ3n) is 1.68. The lowest BCUT2D eigenvalue weighted by Crippen LogP contribution is -2.47. The zero-order valence-electron chi connectivity index (χ0n) is 4.97. The molecule has 1 rings (SSSR count). The third kappa shape index (κ3) is 0.464. The van der Waals surface area contributed by atoms with Crippen LogP contribution < -0.4 is 10.2 Å². The van der Waals surface area contributed by atoms with Crippen molar-refractivity contribution in [3.63, 3.8) is 0 Å². The van der Waals surface area contributed by atoms with E-state index in [4.69, 9.17) is 0 Å². The average molecular weight is 112 g/mol. The van der Waals surface area contributed by atoms with Gasteiger partial charge in [-0.25, -0.2) is 0 Å². The summed E-state index contributed by atoms with van der Waals surface area (Å²) >= 11 is 0. The minimum atomic E-state index is -0.706. The molecule has 8 heavy (non-hydrogen) atoms. The predicted octanol–water partition coefficient (Wildman–Crippen LogP) is -1.00. The van der Waals surface area contributed by atoms with E-state index in [2.05, 4.69) is 0 Å². The van der Waals surface area contributed by atoms with Crippen LogP contribution in [0.4, 0.5) is 0 Å². The van der Waals surface area contributed by atoms with Gasteiger partial charge in [0.1, 0.15) is 0 Å². The SMILES string of the molecule is CC1=C([O-])C(C)C1[O-]. The Hall–Kier alpha value is -0.500. The topological polar surface area (TPSA) is 46.1 Å². The van der Waals surface area contributed by atoms with Crippen molar-refractivity contribution in [2.75, 3.05) is 0 Å². The van der Waals surface area contributed by atoms with Crippen LogP contribution in [0.15, 0.2) is 11.3 Å². The van der Waals surface area contributed by atoms with Gasteiger partial charge in [0.2, 0.25) is 0 Å². The molecule has 0 radical (unpaired) electrons. The maximum absolute atomic E-state index is 10.6. The first-order chi connectivity index (χ1) is 3.64. The van der Waals surface area contributed by atoms with Gasteiger partial charge >= 0.3 is 0 Å². The molecule has 0 saturated carbocycles. The Morgan fingerprint density at radius 1 is 1.50 bits per heavy atom. The van der Waals surface area contributed by atoms with E-state index < -0.39 is 6.10 Å². The molecule has 2 nitrogen and oxygen atoms in total. The van der Waals surface area contributed by atoms with E-state index in [0.717, 1.165) is 0 Å². The molecule has 0 bridgehead atoms. The second-order valence-electron chi connectivity index (χ2n) is 2.26. The first kappa shape index (κ1) is 5.63. The highest BCUT2D eigenvalue weighted by atomic mass is 16.3. The normalized spacial score (nSPS) is 37.4. The van der Waals surface area contributed by atoms with E-state index in [-0.39, 0.29) is 11.7 Å². The molecule has 46 valence electrons. The van der Waals surface area contributed by atoms with Gasteiger partial charge in [0.25, 0.3) is 0 Å². The first-order valence-corrected chi connectivity index (χ1v) is 2.68. The number of hydrogen-bond donors (Lipinski definition) is 0. The van der Waals surface area contributed by atoms with Gasteiger partial charge in [0, 0.05) is 0 Å². The van der Waals surface area contributed by atoms with Crippen molar-refractivity contribution in [2.45, 2.75) is 20.0 Å². The summed E-state index contributed by atoms with van der Waals surface area (Å²) in [7, 11) is 0. The van der Waals surface area contributed by atoms with Crippen LogP contribution in [0.3, 0.4) is 0 Å². The highest BCUT2D eigenvalue weighted by Crippen LogP contribution is 2.27. The summed E-state index contributed by atoms with van der Waals surface area (Å²) in [6.07, 6.45) is -0.706. The van der Waals surface area contributed by atoms with Crippen LogP contribution in [0.5, 0.6) is 0 Å². The van der Waals surface area contributed by atoms with Gasteiger partial charge in [-0.05, 0) is 12.8 Å². The predicted molar refractivity (Wildman–Crippen MR) is 25.7 cm³/mol. The summed E-state index contributed by atoms with van der Waals surface area (Å²) in [4.78, 5) is 0. The molecule has 0 amide bonds. The molecule has 0 heterocycles. The van der Waals surface area contributed by atoms with E-state index in [1.54, 1.807) is 13.8 Å². The van der Waals surface area contributed by atoms with E-state index in [1.165, 1.54) is 0 Å². The molecule has 2 unspecified atom stereocenters. The Kier molecular flexibility index (Phi) is 1.05. The van der Waals surface area contributed by atoms with Gasteiger partial charge in [-0.3, -0.25) is 0 Å². The maximum atomic E-state index is 10.6. The maximum Gasteiger partial charge on any atom is -0.0424 e. The standard InChI is InChI=1S/C6H9O2/c1-3-5(7)4(2)6(3)8/h3,5,8H,1-2H3/q-1/p-1. The van der Waals surface area contributed by atoms with E-state index in [0.29, 0.717) is 5.57 Å². The minimum absolute atomic E-state index is 0.0463. The lowest BCUT2D eigenvalue weighted by atomic mass is 9.83. The van der Waals surface area contributed by atoms with Crippen LogP contribution in [0, 0.1) is 5.92 Å². The van der Waals surface area contributed by atoms with Crippen LogP contribution in [-0.2, 0) is 0 Å². The molecule has 2 heteroatoms. The highest BCUT2D eigenvalue weighted by Gasteiger charge is 2.17. The van der Waals surface area contributed by atoms with Crippen LogP contribution in [0.25, 0.3) is 0 Å². The fourth-order valence-corrected chi connectivity index (χ4v) is 0.916. The van der Waals surface area contributed by atoms with Crippen LogP contribution >= 0.6 is 0 Å². The van der Waals surface area contributed by atoms with Crippen molar-refractivity contribution in [3.05, 3.63) is 11.3 Å². The zero-order chi connectivity index (χ0) is 6.31. The Morgan fingerprint density at radius 2 is 2.00 bits per heavy atom. The monoisotopic (exact) mass is 112 g/mol. The average Bonchev–Trinajstić information content (AvgIpc) is 1.83. The molecular weight excluding hydrogens is 104 g/mol. The van der Waals surface area contributed by atoms with Crippen molar-refractivity contribution in [1.29, 1.82) is 0 Å². The molecule has 0 aromatic carbocycles. The molecule has 0 N–H and O–H groups in total. The number of rotatable bonds is 0. The molecule has 0 aliphatic heterocycles. The van der Waals surface area contributed by atoms with Crippen molar-refractivity contribution < 1.29 is 10.2 Å². The lowest BCUT2D eigenvalue weighted by Gasteiger charge is -2.47. The zero-order valence-corrected chi connectivity index (χ0v) is 4.97. The van der Waals surface area contributed by atoms with Crippen molar-refractivity contribution >= 4 is 0 Å². The summed E-state index contributed by atoms with van der Waals surface area (Å²) < 4.78 is 0. The second-order valence-corrected chi connectivity index (χ2v) is 2.26. The second kappa shape index (κ2) is 1.49. The van der Waals surface area contributed by atoms with E-state index in [1.807, 2.05) is 0 Å². The lowest BCUT2D eigenvalue weighted by molar-refractivity contribution is -0.449. The van der Waals surface area contributed by atoms with E-state index in [9.17, 15) is 10.2 Å². The van der Waals surface area contributed by atoms with Crippen molar-refractivity contribution in [1.82, 2.24) is 0 Å². The molecular formula is C6H8O2-2. The Morgan fingerprint density at radius 3 is 2.12 bits per heavy atom. The Labute approximate surface area is 48.5 Å². The van der Waals surface area contributed by atoms with Gasteiger partial charge < -0.3 is 10.2 Å². The van der Waals surface area contributed by atoms with Crippen LogP contribution in [0.2, 0.25) is 0 Å². The van der Waals surface area contributed by atoms with Crippen molar-refractivity contribution in [3.8, 4) is 0 Å². The fraction of sp³-hybridized carbons (Fsp3) is 0.667. The molecule has 0 saturated heterocycles. The fourth-order valence-electron chi connectivity index (χ4n) is 0.916. The van der Waals surface area contributed by atoms with Gasteiger partial charge in [-0.2, -0.15) is 0 Å². The summed E-state index contributed by atoms with van der Waals surface area (Å²) in [6.45, 7) is 3.28. The molecule has 2 atom stereocenters. The molecule has 1 aliphatic carbocycles. The van der Waals surface area contributed by atoms with Gasteiger partial charge in [0.15, 0.2) is 0 Å². The summed E-state index contributed by atoms with van der Waals surface area (Å²) in [5.74, 6) is -0.208. The molecule has 1 aliphatic rings. The summed E-state index contributed by atoms with van der Waals surface area (Å²) in [5, 5.41) is 21.1. The molecule has 0 aromatic heterocycles. The van der Waals surface area contributed by atoms with E-state index >= 15 is 0 Å². The quantitative estimate of drug-likeness (QED) is 0.403. The Bertz CT molecular complexity index is 121. The smallest absolute Gasteiger partial charge is 0.0424 e. The van der Waals surface area contributed by atoms with Gasteiger partial charge in [-0.1, -0.05) is 18.6 Å². The molecule has 0 spiro atoms. The third-order valence-corrected chi connectivity index (χ3v) is 1.68. The number of hydrogen-bond acceptors (Lipinski definition) is 2. The Balaban J connectivity index is 2.74. The highest BCUT2D eigenvalue weighted by molar-refractivity contribution is 5.24. The molecule has 0 fully saturated rings. The van der Waals surface area contributed by atoms with Gasteiger partial charge in [0.05, 0.1) is 0 Å². The van der Waals surface area contributed by atoms with Crippen molar-refractivity contribution in [2.24, 2.45) is 5.92 Å². The van der Waals surface area contributed by atoms with Gasteiger partial charge in [-0.15, -0.1) is 5.76 Å². The summed E-state index contributed by atoms with van der Waals surface area (Å²) in [5.41, 5.74) is 0.498. The van der Waals surface area contributed by atoms with Crippen LogP contribution in [-0.4, -0.2) is 6.10 Å². The van der Waals surface area contributed by atoms with Crippen LogP contribution in [0.1, 0.15) is 13.8 Å². The summed E-state index contributed by atoms with van der Waals surface area (Å²) in [6, 6.07) is 0.